The fourth-order valence-electron chi connectivity index (χ4n) is 2.79. The van der Waals surface area contributed by atoms with E-state index in [2.05, 4.69) is 21.7 Å². The van der Waals surface area contributed by atoms with Gasteiger partial charge in [-0.3, -0.25) is 0 Å². The van der Waals surface area contributed by atoms with E-state index in [1.54, 1.807) is 29.7 Å². The monoisotopic (exact) mass is 318 g/mol. The number of hydrogen-bond acceptors (Lipinski definition) is 4. The lowest BCUT2D eigenvalue weighted by Gasteiger charge is -2.07. The fraction of sp³-hybridized carbons (Fsp3) is 0.167. The summed E-state index contributed by atoms with van der Waals surface area (Å²) in [6.45, 7) is 4.65. The van der Waals surface area contributed by atoms with Crippen molar-refractivity contribution in [1.29, 1.82) is 10.5 Å². The van der Waals surface area contributed by atoms with E-state index in [-0.39, 0.29) is 0 Å². The Morgan fingerprint density at radius 2 is 1.83 bits per heavy atom. The molecule has 23 heavy (non-hydrogen) atoms. The first kappa shape index (κ1) is 15.0. The van der Waals surface area contributed by atoms with Crippen LogP contribution < -0.4 is 0 Å². The summed E-state index contributed by atoms with van der Waals surface area (Å²) in [6, 6.07) is 11.8. The quantitative estimate of drug-likeness (QED) is 0.732. The van der Waals surface area contributed by atoms with Gasteiger partial charge in [0.2, 0.25) is 0 Å². The fourth-order valence-corrected chi connectivity index (χ4v) is 3.39. The van der Waals surface area contributed by atoms with E-state index in [0.29, 0.717) is 17.7 Å². The molecule has 2 aromatic heterocycles. The summed E-state index contributed by atoms with van der Waals surface area (Å²) in [5.74, 6) is 0. The molecule has 3 rings (SSSR count). The van der Waals surface area contributed by atoms with Crippen LogP contribution >= 0.6 is 11.3 Å². The summed E-state index contributed by atoms with van der Waals surface area (Å²) in [6.07, 6.45) is 1.79. The van der Waals surface area contributed by atoms with Gasteiger partial charge in [0.15, 0.2) is 0 Å². The van der Waals surface area contributed by atoms with E-state index in [0.717, 1.165) is 27.5 Å². The molecule has 4 nitrogen and oxygen atoms in total. The maximum absolute atomic E-state index is 9.60. The Balaban J connectivity index is 2.13. The molecule has 3 aromatic rings. The molecular formula is C18H14N4S. The summed E-state index contributed by atoms with van der Waals surface area (Å²) in [7, 11) is 0. The minimum absolute atomic E-state index is 0.615. The van der Waals surface area contributed by atoms with Gasteiger partial charge in [0.05, 0.1) is 23.7 Å². The number of aromatic nitrogens is 2. The van der Waals surface area contributed by atoms with Gasteiger partial charge in [0.25, 0.3) is 0 Å². The van der Waals surface area contributed by atoms with E-state index in [4.69, 9.17) is 5.26 Å². The molecule has 0 aliphatic carbocycles. The van der Waals surface area contributed by atoms with Gasteiger partial charge in [-0.25, -0.2) is 4.98 Å². The lowest BCUT2D eigenvalue weighted by atomic mass is 10.0. The van der Waals surface area contributed by atoms with Crippen molar-refractivity contribution in [2.75, 3.05) is 0 Å². The highest BCUT2D eigenvalue weighted by atomic mass is 32.1. The van der Waals surface area contributed by atoms with Gasteiger partial charge in [-0.05, 0) is 31.5 Å². The van der Waals surface area contributed by atoms with Crippen molar-refractivity contribution in [3.05, 3.63) is 63.4 Å². The lowest BCUT2D eigenvalue weighted by molar-refractivity contribution is 0.744. The van der Waals surface area contributed by atoms with Gasteiger partial charge < -0.3 is 4.57 Å². The number of rotatable bonds is 3. The SMILES string of the molecule is Cc1c(C#N)c(-c2ccc(C#N)cc2)c(C)n1Cc1nccs1. The molecule has 2 heterocycles. The van der Waals surface area contributed by atoms with Crippen LogP contribution in [0.5, 0.6) is 0 Å². The van der Waals surface area contributed by atoms with Crippen LogP contribution in [0.2, 0.25) is 0 Å². The third-order valence-electron chi connectivity index (χ3n) is 3.97. The average molecular weight is 318 g/mol. The first-order valence-electron chi connectivity index (χ1n) is 7.14. The predicted octanol–water partition coefficient (Wildman–Crippen LogP) is 4.02. The molecule has 0 spiro atoms. The molecule has 0 amide bonds. The smallest absolute Gasteiger partial charge is 0.112 e. The van der Waals surface area contributed by atoms with E-state index < -0.39 is 0 Å². The van der Waals surface area contributed by atoms with Gasteiger partial charge in [-0.15, -0.1) is 11.3 Å². The van der Waals surface area contributed by atoms with Crippen LogP contribution in [0, 0.1) is 36.5 Å². The van der Waals surface area contributed by atoms with Crippen LogP contribution in [0.3, 0.4) is 0 Å². The molecule has 112 valence electrons. The Labute approximate surface area is 138 Å². The zero-order valence-electron chi connectivity index (χ0n) is 12.9. The molecule has 0 aliphatic heterocycles. The average Bonchev–Trinajstić information content (AvgIpc) is 3.17. The maximum Gasteiger partial charge on any atom is 0.112 e. The highest BCUT2D eigenvalue weighted by molar-refractivity contribution is 7.09. The topological polar surface area (TPSA) is 65.4 Å². The van der Waals surface area contributed by atoms with Gasteiger partial charge >= 0.3 is 0 Å². The molecule has 0 aliphatic rings. The number of nitrogens with zero attached hydrogens (tertiary/aromatic N) is 4. The van der Waals surface area contributed by atoms with Crippen LogP contribution in [0.4, 0.5) is 0 Å². The molecule has 0 radical (unpaired) electrons. The van der Waals surface area contributed by atoms with E-state index in [1.807, 2.05) is 31.4 Å². The van der Waals surface area contributed by atoms with Crippen molar-refractivity contribution in [2.45, 2.75) is 20.4 Å². The largest absolute Gasteiger partial charge is 0.340 e. The number of hydrogen-bond donors (Lipinski definition) is 0. The van der Waals surface area contributed by atoms with Crippen molar-refractivity contribution in [3.63, 3.8) is 0 Å². The molecule has 1 aromatic carbocycles. The van der Waals surface area contributed by atoms with E-state index in [1.165, 1.54) is 0 Å². The third kappa shape index (κ3) is 2.63. The first-order chi connectivity index (χ1) is 11.2. The minimum atomic E-state index is 0.615. The second kappa shape index (κ2) is 6.08. The summed E-state index contributed by atoms with van der Waals surface area (Å²) in [5, 5.41) is 21.5. The highest BCUT2D eigenvalue weighted by Crippen LogP contribution is 2.32. The Morgan fingerprint density at radius 3 is 2.39 bits per heavy atom. The number of nitriles is 2. The van der Waals surface area contributed by atoms with E-state index >= 15 is 0 Å². The maximum atomic E-state index is 9.60. The molecule has 0 unspecified atom stereocenters. The van der Waals surface area contributed by atoms with Crippen molar-refractivity contribution >= 4 is 11.3 Å². The minimum Gasteiger partial charge on any atom is -0.340 e. The summed E-state index contributed by atoms with van der Waals surface area (Å²) in [4.78, 5) is 4.33. The lowest BCUT2D eigenvalue weighted by Crippen LogP contribution is -2.03. The Hall–Kier alpha value is -2.89. The molecule has 0 fully saturated rings. The van der Waals surface area contributed by atoms with Crippen molar-refractivity contribution in [3.8, 4) is 23.3 Å². The molecular weight excluding hydrogens is 304 g/mol. The second-order valence-electron chi connectivity index (χ2n) is 5.23. The predicted molar refractivity (Wildman–Crippen MR) is 90.0 cm³/mol. The zero-order valence-corrected chi connectivity index (χ0v) is 13.7. The zero-order chi connectivity index (χ0) is 16.4. The molecule has 0 N–H and O–H groups in total. The number of thiazole rings is 1. The number of benzene rings is 1. The Kier molecular flexibility index (Phi) is 3.97. The molecule has 0 atom stereocenters. The van der Waals surface area contributed by atoms with Crippen LogP contribution in [0.1, 0.15) is 27.5 Å². The highest BCUT2D eigenvalue weighted by Gasteiger charge is 2.19. The van der Waals surface area contributed by atoms with Gasteiger partial charge in [0, 0.05) is 28.5 Å². The third-order valence-corrected chi connectivity index (χ3v) is 4.74. The summed E-state index contributed by atoms with van der Waals surface area (Å²) >= 11 is 1.61. The molecule has 0 bridgehead atoms. The van der Waals surface area contributed by atoms with Crippen molar-refractivity contribution in [2.24, 2.45) is 0 Å². The van der Waals surface area contributed by atoms with Crippen LogP contribution in [0.15, 0.2) is 35.8 Å². The molecule has 0 saturated heterocycles. The van der Waals surface area contributed by atoms with E-state index in [9.17, 15) is 5.26 Å². The standard InChI is InChI=1S/C18H14N4S/c1-12-16(10-20)18(15-5-3-14(9-19)4-6-15)13(2)22(12)11-17-21-7-8-23-17/h3-8H,11H2,1-2H3. The van der Waals surface area contributed by atoms with Crippen molar-refractivity contribution in [1.82, 2.24) is 9.55 Å². The second-order valence-corrected chi connectivity index (χ2v) is 6.21. The van der Waals surface area contributed by atoms with Crippen LogP contribution in [-0.4, -0.2) is 9.55 Å². The van der Waals surface area contributed by atoms with Gasteiger partial charge in [-0.1, -0.05) is 12.1 Å². The first-order valence-corrected chi connectivity index (χ1v) is 8.02. The van der Waals surface area contributed by atoms with Crippen LogP contribution in [0.25, 0.3) is 11.1 Å². The van der Waals surface area contributed by atoms with Gasteiger partial charge in [-0.2, -0.15) is 10.5 Å². The normalized spacial score (nSPS) is 10.3. The Morgan fingerprint density at radius 1 is 1.09 bits per heavy atom. The molecule has 0 saturated carbocycles. The molecule has 5 heteroatoms. The van der Waals surface area contributed by atoms with Gasteiger partial charge in [0.1, 0.15) is 11.1 Å². The van der Waals surface area contributed by atoms with Crippen LogP contribution in [-0.2, 0) is 6.54 Å². The summed E-state index contributed by atoms with van der Waals surface area (Å²) < 4.78 is 2.13. The van der Waals surface area contributed by atoms with Crippen molar-refractivity contribution < 1.29 is 0 Å². The summed E-state index contributed by atoms with van der Waals surface area (Å²) in [5.41, 5.74) is 5.18. The Bertz CT molecular complexity index is 920.